The molecule has 7 nitrogen and oxygen atoms in total. The fraction of sp³-hybridized carbons (Fsp3) is 0.160. The van der Waals surface area contributed by atoms with Crippen LogP contribution in [0.5, 0.6) is 5.75 Å². The van der Waals surface area contributed by atoms with Crippen LogP contribution in [0, 0.1) is 0 Å². The van der Waals surface area contributed by atoms with Gasteiger partial charge >= 0.3 is 0 Å². The quantitative estimate of drug-likeness (QED) is 0.484. The lowest BCUT2D eigenvalue weighted by Crippen LogP contribution is -2.41. The molecule has 0 saturated carbocycles. The number of carbonyl (C=O) groups is 1. The molecule has 1 aliphatic rings. The molecule has 34 heavy (non-hydrogen) atoms. The molecule has 0 fully saturated rings. The first-order valence-corrected chi connectivity index (χ1v) is 12.9. The third kappa shape index (κ3) is 5.06. The van der Waals surface area contributed by atoms with Crippen LogP contribution in [0.25, 0.3) is 6.08 Å². The van der Waals surface area contributed by atoms with Gasteiger partial charge in [-0.15, -0.1) is 11.3 Å². The van der Waals surface area contributed by atoms with Gasteiger partial charge in [0.25, 0.3) is 0 Å². The van der Waals surface area contributed by atoms with E-state index in [1.165, 1.54) is 29.4 Å². The van der Waals surface area contributed by atoms with E-state index in [0.29, 0.717) is 23.4 Å². The lowest BCUT2D eigenvalue weighted by atomic mass is 10.1. The summed E-state index contributed by atoms with van der Waals surface area (Å²) in [5.74, 6) is 0.0291. The lowest BCUT2D eigenvalue weighted by Gasteiger charge is -2.26. The smallest absolute Gasteiger partial charge is 0.245 e. The summed E-state index contributed by atoms with van der Waals surface area (Å²) in [6.45, 7) is 4.22. The van der Waals surface area contributed by atoms with Crippen molar-refractivity contribution >= 4 is 39.0 Å². The Kier molecular flexibility index (Phi) is 6.87. The van der Waals surface area contributed by atoms with Gasteiger partial charge in [-0.2, -0.15) is 4.72 Å². The predicted molar refractivity (Wildman–Crippen MR) is 135 cm³/mol. The second-order valence-corrected chi connectivity index (χ2v) is 10.5. The topological polar surface area (TPSA) is 87.7 Å². The van der Waals surface area contributed by atoms with Gasteiger partial charge in [-0.25, -0.2) is 8.42 Å². The Morgan fingerprint density at radius 2 is 1.97 bits per heavy atom. The van der Waals surface area contributed by atoms with Crippen molar-refractivity contribution in [2.45, 2.75) is 17.5 Å². The largest absolute Gasteiger partial charge is 0.496 e. The minimum absolute atomic E-state index is 0.0545. The molecule has 9 heteroatoms. The van der Waals surface area contributed by atoms with Crippen LogP contribution in [0.2, 0.25) is 0 Å². The van der Waals surface area contributed by atoms with Crippen LogP contribution in [0.4, 0.5) is 5.69 Å². The highest BCUT2D eigenvalue weighted by molar-refractivity contribution is 7.89. The second kappa shape index (κ2) is 9.84. The second-order valence-electron chi connectivity index (χ2n) is 7.80. The molecule has 0 aliphatic carbocycles. The number of rotatable bonds is 8. The van der Waals surface area contributed by atoms with Crippen LogP contribution >= 0.6 is 11.3 Å². The number of ether oxygens (including phenoxy) is 1. The number of nitrogens with one attached hydrogen (secondary N) is 2. The molecule has 0 unspecified atom stereocenters. The Bertz CT molecular complexity index is 1350. The lowest BCUT2D eigenvalue weighted by molar-refractivity contribution is -0.132. The number of hydrogen-bond donors (Lipinski definition) is 2. The number of nitrogens with zero attached hydrogens (tertiary/aromatic N) is 1. The molecule has 176 valence electrons. The molecule has 2 heterocycles. The Labute approximate surface area is 203 Å². The van der Waals surface area contributed by atoms with Crippen LogP contribution < -0.4 is 14.8 Å². The molecule has 1 atom stereocenters. The fourth-order valence-corrected chi connectivity index (χ4v) is 5.64. The van der Waals surface area contributed by atoms with Crippen LogP contribution in [-0.2, 0) is 21.4 Å². The molecular formula is C25H25N3O4S2. The SMILES string of the molecule is C=C1C=Cc2cc(S(=O)(=O)N[C@@H](C(=O)N(C)Cc3cccs3)c3ccccc3OC)ccc2N1. The van der Waals surface area contributed by atoms with Gasteiger partial charge < -0.3 is 15.0 Å². The van der Waals surface area contributed by atoms with Crippen molar-refractivity contribution in [3.8, 4) is 5.75 Å². The molecule has 4 rings (SSSR count). The third-order valence-corrected chi connectivity index (χ3v) is 7.69. The summed E-state index contributed by atoms with van der Waals surface area (Å²) >= 11 is 1.53. The first-order valence-electron chi connectivity index (χ1n) is 10.5. The van der Waals surface area contributed by atoms with Crippen molar-refractivity contribution in [3.05, 3.63) is 94.3 Å². The van der Waals surface area contributed by atoms with Gasteiger partial charge in [0.2, 0.25) is 15.9 Å². The third-order valence-electron chi connectivity index (χ3n) is 5.41. The number of sulfonamides is 1. The number of anilines is 1. The first-order chi connectivity index (χ1) is 16.3. The number of methoxy groups -OCH3 is 1. The highest BCUT2D eigenvalue weighted by Crippen LogP contribution is 2.30. The zero-order chi connectivity index (χ0) is 24.3. The number of likely N-dealkylation sites (N-methyl/N-ethyl adjacent to an activating group) is 1. The molecule has 3 aromatic rings. The Hall–Kier alpha value is -3.40. The number of carbonyl (C=O) groups excluding carboxylic acids is 1. The number of para-hydroxylation sites is 1. The highest BCUT2D eigenvalue weighted by Gasteiger charge is 2.32. The zero-order valence-electron chi connectivity index (χ0n) is 18.8. The van der Waals surface area contributed by atoms with E-state index < -0.39 is 22.0 Å². The van der Waals surface area contributed by atoms with Gasteiger partial charge in [0.1, 0.15) is 11.8 Å². The summed E-state index contributed by atoms with van der Waals surface area (Å²) in [7, 11) is -0.914. The van der Waals surface area contributed by atoms with Gasteiger partial charge in [0.15, 0.2) is 0 Å². The van der Waals surface area contributed by atoms with E-state index >= 15 is 0 Å². The summed E-state index contributed by atoms with van der Waals surface area (Å²) in [5.41, 5.74) is 2.63. The van der Waals surface area contributed by atoms with Crippen molar-refractivity contribution in [3.63, 3.8) is 0 Å². The van der Waals surface area contributed by atoms with Crippen molar-refractivity contribution in [1.29, 1.82) is 0 Å². The summed E-state index contributed by atoms with van der Waals surface area (Å²) in [6.07, 6.45) is 3.57. The predicted octanol–water partition coefficient (Wildman–Crippen LogP) is 4.39. The maximum Gasteiger partial charge on any atom is 0.245 e. The zero-order valence-corrected chi connectivity index (χ0v) is 20.4. The number of fused-ring (bicyclic) bond motifs is 1. The minimum Gasteiger partial charge on any atom is -0.496 e. The Balaban J connectivity index is 1.68. The minimum atomic E-state index is -4.05. The molecule has 2 aromatic carbocycles. The van der Waals surface area contributed by atoms with Gasteiger partial charge in [0, 0.05) is 28.9 Å². The number of thiophene rings is 1. The van der Waals surface area contributed by atoms with Crippen LogP contribution in [0.15, 0.2) is 83.2 Å². The van der Waals surface area contributed by atoms with E-state index in [1.54, 1.807) is 55.6 Å². The van der Waals surface area contributed by atoms with Crippen LogP contribution in [-0.4, -0.2) is 33.4 Å². The van der Waals surface area contributed by atoms with Crippen LogP contribution in [0.3, 0.4) is 0 Å². The van der Waals surface area contributed by atoms with E-state index in [-0.39, 0.29) is 4.90 Å². The van der Waals surface area contributed by atoms with Gasteiger partial charge in [-0.05, 0) is 47.4 Å². The molecular weight excluding hydrogens is 470 g/mol. The average Bonchev–Trinajstić information content (AvgIpc) is 3.34. The molecule has 1 amide bonds. The highest BCUT2D eigenvalue weighted by atomic mass is 32.2. The summed E-state index contributed by atoms with van der Waals surface area (Å²) in [5, 5.41) is 5.03. The van der Waals surface area contributed by atoms with Crippen molar-refractivity contribution in [1.82, 2.24) is 9.62 Å². The summed E-state index contributed by atoms with van der Waals surface area (Å²) < 4.78 is 34.9. The Morgan fingerprint density at radius 1 is 1.18 bits per heavy atom. The average molecular weight is 496 g/mol. The van der Waals surface area contributed by atoms with E-state index in [1.807, 2.05) is 17.5 Å². The Morgan fingerprint density at radius 3 is 2.71 bits per heavy atom. The van der Waals surface area contributed by atoms with E-state index in [2.05, 4.69) is 16.6 Å². The molecule has 0 bridgehead atoms. The number of amides is 1. The maximum atomic E-state index is 13.5. The van der Waals surface area contributed by atoms with Gasteiger partial charge in [0.05, 0.1) is 18.6 Å². The summed E-state index contributed by atoms with van der Waals surface area (Å²) in [4.78, 5) is 16.1. The monoisotopic (exact) mass is 495 g/mol. The maximum absolute atomic E-state index is 13.5. The van der Waals surface area contributed by atoms with Crippen molar-refractivity contribution < 1.29 is 17.9 Å². The fourth-order valence-electron chi connectivity index (χ4n) is 3.67. The summed E-state index contributed by atoms with van der Waals surface area (Å²) in [6, 6.07) is 14.3. The number of allylic oxidation sites excluding steroid dienone is 1. The number of benzene rings is 2. The van der Waals surface area contributed by atoms with Gasteiger partial charge in [-0.3, -0.25) is 4.79 Å². The first kappa shape index (κ1) is 23.7. The molecule has 1 aliphatic heterocycles. The van der Waals surface area contributed by atoms with E-state index in [0.717, 1.165) is 16.3 Å². The van der Waals surface area contributed by atoms with E-state index in [9.17, 15) is 13.2 Å². The molecule has 0 spiro atoms. The molecule has 0 saturated heterocycles. The normalized spacial score (nSPS) is 13.6. The number of hydrogen-bond acceptors (Lipinski definition) is 6. The van der Waals surface area contributed by atoms with E-state index in [4.69, 9.17) is 4.74 Å². The molecule has 1 aromatic heterocycles. The molecule has 0 radical (unpaired) electrons. The standard InChI is InChI=1S/C25H25N3O4S2/c1-17-10-11-18-15-20(12-13-22(18)26-17)34(30,31)27-24(21-8-4-5-9-23(21)32-3)25(29)28(2)16-19-7-6-14-33-19/h4-15,24,26-27H,1,16H2,2-3H3/t24-/m1/s1. The van der Waals surface area contributed by atoms with Crippen LogP contribution in [0.1, 0.15) is 22.0 Å². The van der Waals surface area contributed by atoms with Crippen molar-refractivity contribution in [2.75, 3.05) is 19.5 Å². The molecule has 2 N–H and O–H groups in total. The van der Waals surface area contributed by atoms with Gasteiger partial charge in [-0.1, -0.05) is 36.9 Å². The van der Waals surface area contributed by atoms with Crippen molar-refractivity contribution in [2.24, 2.45) is 0 Å².